The molecule has 84 heavy (non-hydrogen) atoms. The zero-order valence-corrected chi connectivity index (χ0v) is 48.6. The van der Waals surface area contributed by atoms with Gasteiger partial charge in [0.1, 0.15) is 11.7 Å². The predicted molar refractivity (Wildman–Crippen MR) is 313 cm³/mol. The van der Waals surface area contributed by atoms with Crippen LogP contribution in [0.3, 0.4) is 0 Å². The Morgan fingerprint density at radius 1 is 0.702 bits per heavy atom. The van der Waals surface area contributed by atoms with Gasteiger partial charge in [-0.25, -0.2) is 4.98 Å². The van der Waals surface area contributed by atoms with Crippen LogP contribution in [0.1, 0.15) is 109 Å². The zero-order valence-electron chi connectivity index (χ0n) is 48.6. The Kier molecular flexibility index (Phi) is 22.0. The van der Waals surface area contributed by atoms with E-state index in [4.69, 9.17) is 28.7 Å². The highest BCUT2D eigenvalue weighted by molar-refractivity contribution is 6.24. The van der Waals surface area contributed by atoms with Crippen molar-refractivity contribution in [2.24, 2.45) is 7.05 Å². The highest BCUT2D eigenvalue weighted by Crippen LogP contribution is 2.32. The number of hydrogen-bond donors (Lipinski definition) is 3. The van der Waals surface area contributed by atoms with E-state index in [1.54, 1.807) is 25.4 Å². The minimum absolute atomic E-state index is 0.0217. The van der Waals surface area contributed by atoms with Gasteiger partial charge in [0, 0.05) is 94.2 Å². The van der Waals surface area contributed by atoms with E-state index >= 15 is 0 Å². The lowest BCUT2D eigenvalue weighted by molar-refractivity contribution is -0.136. The highest BCUT2D eigenvalue weighted by Gasteiger charge is 2.45. The number of anilines is 1. The number of benzene rings is 4. The molecule has 5 aromatic rings. The van der Waals surface area contributed by atoms with E-state index < -0.39 is 29.7 Å². The number of fused-ring (bicyclic) bond motifs is 1. The van der Waals surface area contributed by atoms with Gasteiger partial charge in [0.15, 0.2) is 0 Å². The molecule has 21 heteroatoms. The summed E-state index contributed by atoms with van der Waals surface area (Å²) in [6.45, 7) is 16.1. The molecule has 4 aromatic carbocycles. The number of carbonyl (C=O) groups excluding carboxylic acids is 7. The summed E-state index contributed by atoms with van der Waals surface area (Å²) in [5.74, 6) is -2.80. The second-order valence-electron chi connectivity index (χ2n) is 22.0. The van der Waals surface area contributed by atoms with Crippen LogP contribution in [0.25, 0.3) is 11.3 Å². The highest BCUT2D eigenvalue weighted by atomic mass is 16.6. The topological polar surface area (TPSA) is 246 Å². The molecule has 1 aromatic heterocycles. The second-order valence-corrected chi connectivity index (χ2v) is 22.0. The fourth-order valence-electron chi connectivity index (χ4n) is 10.2. The SMILES string of the molecule is Cc1c(NC(=O)c2ccc(C(C)(C)C)cc2)cccc1-c1cn(C)c(=O)c(Cc2ccc(C(=O)N3CCN(CCOCCOCCOCCOCCOCCNC(=O)CCc4cccc5c4C(=O)N(C4CCC(=O)NC4=O)C5=O)CC3)cc2)n1. The standard InChI is InChI=1S/C63H76N8O13/c1-42-48(9-7-11-50(42)66-57(74)45-16-19-47(20-17-45)63(2,3)4)52-41-68(5)61(78)51(65-52)40-43-12-14-46(15-13-43)59(76)70-27-25-69(26-28-70)29-31-81-33-35-83-37-39-84-38-36-82-34-32-80-30-24-64-54(72)22-18-44-8-6-10-49-56(44)62(79)71(60(49)77)53-21-23-55(73)67-58(53)75/h6-17,19-20,41,53H,18,21-40H2,1-5H3,(H,64,72)(H,66,74)(H,67,73,75). The molecule has 2 fully saturated rings. The summed E-state index contributed by atoms with van der Waals surface area (Å²) in [6.07, 6.45) is 2.38. The van der Waals surface area contributed by atoms with Crippen LogP contribution in [0, 0.1) is 6.92 Å². The first kappa shape index (κ1) is 62.3. The first-order valence-corrected chi connectivity index (χ1v) is 28.6. The molecule has 3 N–H and O–H groups in total. The van der Waals surface area contributed by atoms with Crippen molar-refractivity contribution in [2.75, 3.05) is 111 Å². The fraction of sp³-hybridized carbons (Fsp3) is 0.444. The molecule has 7 amide bonds. The molecule has 3 aliphatic heterocycles. The van der Waals surface area contributed by atoms with Crippen LogP contribution >= 0.6 is 0 Å². The summed E-state index contributed by atoms with van der Waals surface area (Å²) >= 11 is 0. The van der Waals surface area contributed by atoms with Crippen molar-refractivity contribution in [3.05, 3.63) is 152 Å². The van der Waals surface area contributed by atoms with Gasteiger partial charge in [0.2, 0.25) is 17.7 Å². The Morgan fingerprint density at radius 3 is 1.95 bits per heavy atom. The van der Waals surface area contributed by atoms with Crippen molar-refractivity contribution in [1.29, 1.82) is 0 Å². The minimum Gasteiger partial charge on any atom is -0.378 e. The summed E-state index contributed by atoms with van der Waals surface area (Å²) in [6, 6.07) is 24.4. The fourth-order valence-corrected chi connectivity index (χ4v) is 10.2. The largest absolute Gasteiger partial charge is 0.378 e. The maximum Gasteiger partial charge on any atom is 0.272 e. The minimum atomic E-state index is -1.06. The van der Waals surface area contributed by atoms with E-state index in [1.165, 1.54) is 10.6 Å². The van der Waals surface area contributed by atoms with Crippen LogP contribution in [-0.2, 0) is 63.4 Å². The molecule has 446 valence electrons. The van der Waals surface area contributed by atoms with E-state index in [1.807, 2.05) is 78.6 Å². The number of nitrogens with one attached hydrogen (secondary N) is 3. The number of carbonyl (C=O) groups is 7. The third kappa shape index (κ3) is 16.5. The Bertz CT molecular complexity index is 3220. The number of aromatic nitrogens is 2. The first-order valence-electron chi connectivity index (χ1n) is 28.6. The van der Waals surface area contributed by atoms with Gasteiger partial charge in [0.25, 0.3) is 29.2 Å². The molecule has 0 radical (unpaired) electrons. The average molecular weight is 1150 g/mol. The number of aryl methyl sites for hydroxylation is 2. The number of piperidine rings is 1. The van der Waals surface area contributed by atoms with Gasteiger partial charge >= 0.3 is 0 Å². The van der Waals surface area contributed by atoms with Gasteiger partial charge in [-0.15, -0.1) is 0 Å². The van der Waals surface area contributed by atoms with Gasteiger partial charge in [-0.2, -0.15) is 0 Å². The van der Waals surface area contributed by atoms with Crippen molar-refractivity contribution >= 4 is 47.0 Å². The Balaban J connectivity index is 0.624. The van der Waals surface area contributed by atoms with Crippen molar-refractivity contribution in [2.45, 2.75) is 71.3 Å². The lowest BCUT2D eigenvalue weighted by Gasteiger charge is -2.34. The maximum absolute atomic E-state index is 13.5. The van der Waals surface area contributed by atoms with E-state index in [0.717, 1.165) is 46.8 Å². The number of ether oxygens (including phenoxy) is 5. The molecule has 0 bridgehead atoms. The summed E-state index contributed by atoms with van der Waals surface area (Å²) < 4.78 is 29.6. The molecule has 0 aliphatic carbocycles. The number of piperazine rings is 1. The second kappa shape index (κ2) is 29.6. The summed E-state index contributed by atoms with van der Waals surface area (Å²) in [5, 5.41) is 8.03. The molecule has 1 unspecified atom stereocenters. The number of amides is 7. The molecule has 8 rings (SSSR count). The van der Waals surface area contributed by atoms with Crippen molar-refractivity contribution in [3.63, 3.8) is 0 Å². The van der Waals surface area contributed by atoms with Gasteiger partial charge in [0.05, 0.1) is 82.9 Å². The average Bonchev–Trinajstić information content (AvgIpc) is 2.57. The molecule has 3 aliphatic rings. The Morgan fingerprint density at radius 2 is 1.31 bits per heavy atom. The molecule has 1 atom stereocenters. The zero-order chi connectivity index (χ0) is 59.8. The van der Waals surface area contributed by atoms with E-state index in [-0.39, 0.29) is 85.1 Å². The quantitative estimate of drug-likeness (QED) is 0.0446. The summed E-state index contributed by atoms with van der Waals surface area (Å²) in [4.78, 5) is 113. The van der Waals surface area contributed by atoms with E-state index in [0.29, 0.717) is 106 Å². The van der Waals surface area contributed by atoms with Crippen LogP contribution in [-0.4, -0.2) is 177 Å². The molecular formula is C63H76N8O13. The van der Waals surface area contributed by atoms with Crippen LogP contribution < -0.4 is 21.5 Å². The van der Waals surface area contributed by atoms with E-state index in [2.05, 4.69) is 41.6 Å². The van der Waals surface area contributed by atoms with Gasteiger partial charge in [-0.3, -0.25) is 53.5 Å². The number of imide groups is 2. The third-order valence-electron chi connectivity index (χ3n) is 15.0. The van der Waals surface area contributed by atoms with Crippen molar-refractivity contribution in [1.82, 2.24) is 34.9 Å². The Hall–Kier alpha value is -7.79. The van der Waals surface area contributed by atoms with Crippen LogP contribution in [0.4, 0.5) is 5.69 Å². The van der Waals surface area contributed by atoms with Crippen molar-refractivity contribution < 1.29 is 57.2 Å². The van der Waals surface area contributed by atoms with E-state index in [9.17, 15) is 38.4 Å². The van der Waals surface area contributed by atoms with Gasteiger partial charge in [-0.1, -0.05) is 69.3 Å². The molecule has 2 saturated heterocycles. The lowest BCUT2D eigenvalue weighted by Crippen LogP contribution is -2.54. The summed E-state index contributed by atoms with van der Waals surface area (Å²) in [7, 11) is 1.70. The summed E-state index contributed by atoms with van der Waals surface area (Å²) in [5.41, 5.74) is 7.07. The lowest BCUT2D eigenvalue weighted by atomic mass is 9.86. The molecular weight excluding hydrogens is 1080 g/mol. The smallest absolute Gasteiger partial charge is 0.272 e. The monoisotopic (exact) mass is 1150 g/mol. The molecule has 0 saturated carbocycles. The molecule has 21 nitrogen and oxygen atoms in total. The number of rotatable bonds is 28. The molecule has 0 spiro atoms. The predicted octanol–water partition coefficient (Wildman–Crippen LogP) is 4.89. The van der Waals surface area contributed by atoms with Crippen LogP contribution in [0.15, 0.2) is 95.9 Å². The third-order valence-corrected chi connectivity index (χ3v) is 15.0. The normalized spacial score (nSPS) is 15.6. The maximum atomic E-state index is 13.5. The number of nitrogens with zero attached hydrogens (tertiary/aromatic N) is 5. The Labute approximate surface area is 489 Å². The van der Waals surface area contributed by atoms with Crippen molar-refractivity contribution in [3.8, 4) is 11.3 Å². The van der Waals surface area contributed by atoms with Crippen LogP contribution in [0.2, 0.25) is 0 Å². The first-order chi connectivity index (χ1) is 40.5. The van der Waals surface area contributed by atoms with Gasteiger partial charge in [-0.05, 0) is 83.8 Å². The van der Waals surface area contributed by atoms with Gasteiger partial charge < -0.3 is 43.8 Å². The number of hydrogen-bond acceptors (Lipinski definition) is 15. The van der Waals surface area contributed by atoms with Crippen LogP contribution in [0.5, 0.6) is 0 Å². The molecule has 4 heterocycles.